The van der Waals surface area contributed by atoms with Crippen LogP contribution in [-0.2, 0) is 9.53 Å². The molecule has 0 atom stereocenters. The van der Waals surface area contributed by atoms with Crippen LogP contribution >= 0.6 is 0 Å². The summed E-state index contributed by atoms with van der Waals surface area (Å²) in [7, 11) is 0. The molecule has 0 saturated carbocycles. The van der Waals surface area contributed by atoms with Crippen molar-refractivity contribution in [3.8, 4) is 5.75 Å². The van der Waals surface area contributed by atoms with E-state index in [1.54, 1.807) is 0 Å². The second-order valence-corrected chi connectivity index (χ2v) is 4.16. The molecular weight excluding hydrogens is 298 g/mol. The lowest BCUT2D eigenvalue weighted by Gasteiger charge is -2.06. The van der Waals surface area contributed by atoms with E-state index in [0.717, 1.165) is 0 Å². The Labute approximate surface area is 154 Å². The predicted octanol–water partition coefficient (Wildman–Crippen LogP) is 1.81. The molecule has 126 valence electrons. The SMILES string of the molecule is [2H]/N=C(\N([2H])[2H])N([2H])CCCCCC(=O)Oc1c([2H])c([2H])c(C(=O)OC([2H])([2H])C([2H])([2H])[2H])c([2H])c1[2H]. The second kappa shape index (κ2) is 10.2. The minimum atomic E-state index is -3.47. The summed E-state index contributed by atoms with van der Waals surface area (Å²) in [6.07, 6.45) is 0.701. The number of ether oxygens (including phenoxy) is 2. The molecule has 0 heterocycles. The van der Waals surface area contributed by atoms with Crippen LogP contribution in [0.25, 0.3) is 0 Å². The van der Waals surface area contributed by atoms with E-state index in [1.807, 2.05) is 0 Å². The molecule has 0 saturated heterocycles. The maximum Gasteiger partial charge on any atom is 0.338 e. The molecule has 0 bridgehead atoms. The van der Waals surface area contributed by atoms with E-state index in [9.17, 15) is 9.59 Å². The summed E-state index contributed by atoms with van der Waals surface area (Å²) >= 11 is 0. The number of esters is 2. The maximum absolute atomic E-state index is 12.3. The summed E-state index contributed by atoms with van der Waals surface area (Å²) < 4.78 is 105. The number of hydrogen-bond donors (Lipinski definition) is 3. The Morgan fingerprint density at radius 2 is 2.30 bits per heavy atom. The smallest absolute Gasteiger partial charge is 0.338 e. The van der Waals surface area contributed by atoms with Gasteiger partial charge in [-0.25, -0.2) is 4.79 Å². The summed E-state index contributed by atoms with van der Waals surface area (Å²) in [4.78, 5) is 24.4. The minimum Gasteiger partial charge on any atom is -0.462 e. The van der Waals surface area contributed by atoms with Crippen molar-refractivity contribution in [3.63, 3.8) is 0 Å². The molecule has 23 heavy (non-hydrogen) atoms. The average molecular weight is 334 g/mol. The van der Waals surface area contributed by atoms with Gasteiger partial charge in [0.1, 0.15) is 5.75 Å². The zero-order chi connectivity index (χ0) is 28.0. The molecule has 0 unspecified atom stereocenters. The third kappa shape index (κ3) is 7.85. The highest BCUT2D eigenvalue weighted by molar-refractivity contribution is 5.89. The summed E-state index contributed by atoms with van der Waals surface area (Å²) in [6.45, 7) is -6.83. The van der Waals surface area contributed by atoms with Gasteiger partial charge in [0.05, 0.1) is 20.3 Å². The summed E-state index contributed by atoms with van der Waals surface area (Å²) in [5, 5.41) is 3.54. The lowest BCUT2D eigenvalue weighted by Crippen LogP contribution is -2.30. The Morgan fingerprint density at radius 3 is 3.00 bits per heavy atom. The van der Waals surface area contributed by atoms with Gasteiger partial charge < -0.3 is 20.5 Å². The van der Waals surface area contributed by atoms with Crippen molar-refractivity contribution in [1.29, 1.82) is 5.40 Å². The molecule has 1 aromatic rings. The molecule has 0 aromatic heterocycles. The molecule has 0 fully saturated rings. The van der Waals surface area contributed by atoms with Crippen LogP contribution in [0.4, 0.5) is 0 Å². The second-order valence-electron chi connectivity index (χ2n) is 4.16. The Hall–Kier alpha value is -2.57. The third-order valence-electron chi connectivity index (χ3n) is 2.46. The standard InChI is InChI=1S/C16H23N3O4/c1-2-22-15(21)12-7-9-13(10-8-12)23-14(20)6-4-3-5-11-19-16(17)18/h7-10H,2-6,11H2,1H3,(H4,17,18,19)/i1D3,2D2,7D,8D,9D,10D/hD4. The molecule has 0 amide bonds. The van der Waals surface area contributed by atoms with Crippen molar-refractivity contribution < 1.29 is 37.0 Å². The van der Waals surface area contributed by atoms with Crippen LogP contribution in [0.3, 0.4) is 0 Å². The van der Waals surface area contributed by atoms with Gasteiger partial charge >= 0.3 is 11.9 Å². The number of nitrogens with one attached hydrogen (secondary N) is 2. The maximum atomic E-state index is 12.3. The first-order chi connectivity index (χ1) is 16.5. The predicted molar refractivity (Wildman–Crippen MR) is 86.4 cm³/mol. The Morgan fingerprint density at radius 1 is 1.48 bits per heavy atom. The van der Waals surface area contributed by atoms with E-state index >= 15 is 0 Å². The molecule has 0 radical (unpaired) electrons. The Balaban J connectivity index is 2.85. The molecule has 0 aliphatic rings. The molecule has 1 rings (SSSR count). The molecule has 7 nitrogen and oxygen atoms in total. The van der Waals surface area contributed by atoms with Gasteiger partial charge in [-0.15, -0.1) is 0 Å². The first-order valence-electron chi connectivity index (χ1n) is 12.9. The lowest BCUT2D eigenvalue weighted by molar-refractivity contribution is -0.134. The van der Waals surface area contributed by atoms with Crippen molar-refractivity contribution in [1.82, 2.24) is 5.31 Å². The van der Waals surface area contributed by atoms with Crippen LogP contribution in [0.2, 0.25) is 5.65 Å². The van der Waals surface area contributed by atoms with Crippen LogP contribution < -0.4 is 15.8 Å². The Kier molecular flexibility index (Phi) is 3.06. The van der Waals surface area contributed by atoms with Crippen molar-refractivity contribution in [2.45, 2.75) is 32.5 Å². The van der Waals surface area contributed by atoms with Crippen LogP contribution in [0.1, 0.15) is 55.2 Å². The highest BCUT2D eigenvalue weighted by Crippen LogP contribution is 2.14. The van der Waals surface area contributed by atoms with Crippen LogP contribution in [0.5, 0.6) is 5.75 Å². The molecule has 1 aromatic carbocycles. The van der Waals surface area contributed by atoms with Gasteiger partial charge in [0, 0.05) is 17.1 Å². The largest absolute Gasteiger partial charge is 0.462 e. The number of hydrogen-bond acceptors (Lipinski definition) is 5. The molecular formula is C16H23N3O4. The van der Waals surface area contributed by atoms with Gasteiger partial charge in [-0.1, -0.05) is 6.42 Å². The minimum absolute atomic E-state index is 0.00396. The van der Waals surface area contributed by atoms with E-state index in [1.165, 1.54) is 0 Å². The fraction of sp³-hybridized carbons (Fsp3) is 0.438. The van der Waals surface area contributed by atoms with Gasteiger partial charge in [0.2, 0.25) is 0 Å². The number of unbranched alkanes of at least 4 members (excludes halogenated alkanes) is 2. The monoisotopic (exact) mass is 334 g/mol. The van der Waals surface area contributed by atoms with E-state index in [4.69, 9.17) is 22.7 Å². The van der Waals surface area contributed by atoms with Crippen molar-refractivity contribution in [2.75, 3.05) is 13.1 Å². The molecule has 7 heteroatoms. The number of nitrogens with two attached hydrogens (primary N) is 1. The molecule has 4 N–H and O–H groups in total. The number of carbonyl (C=O) groups excluding carboxylic acids is 2. The van der Waals surface area contributed by atoms with Gasteiger partial charge in [0.15, 0.2) is 11.6 Å². The van der Waals surface area contributed by atoms with Crippen molar-refractivity contribution >= 4 is 17.9 Å². The van der Waals surface area contributed by atoms with E-state index in [0.29, 0.717) is 18.2 Å². The fourth-order valence-corrected chi connectivity index (χ4v) is 1.45. The number of benzene rings is 1. The average Bonchev–Trinajstić information content (AvgIpc) is 2.74. The molecule has 0 aliphatic heterocycles. The topological polar surface area (TPSA) is 115 Å². The van der Waals surface area contributed by atoms with Gasteiger partial charge in [0.25, 0.3) is 0 Å². The van der Waals surface area contributed by atoms with E-state index < -0.39 is 66.8 Å². The summed E-state index contributed by atoms with van der Waals surface area (Å²) in [5.74, 6) is -3.99. The summed E-state index contributed by atoms with van der Waals surface area (Å²) in [6, 6.07) is -3.92. The van der Waals surface area contributed by atoms with E-state index in [2.05, 4.69) is 10.1 Å². The third-order valence-corrected chi connectivity index (χ3v) is 2.46. The van der Waals surface area contributed by atoms with Gasteiger partial charge in [-0.3, -0.25) is 10.2 Å². The zero-order valence-electron chi connectivity index (χ0n) is 25.0. The molecule has 0 aliphatic carbocycles. The van der Waals surface area contributed by atoms with Crippen LogP contribution in [0, 0.1) is 5.40 Å². The zero-order valence-corrected chi connectivity index (χ0v) is 12.0. The Bertz CT molecular complexity index is 971. The number of rotatable bonds is 9. The quantitative estimate of drug-likeness (QED) is 0.209. The fourth-order valence-electron chi connectivity index (χ4n) is 1.45. The van der Waals surface area contributed by atoms with Gasteiger partial charge in [-0.2, -0.15) is 0 Å². The molecule has 0 spiro atoms. The highest BCUT2D eigenvalue weighted by Gasteiger charge is 2.08. The first-order valence-corrected chi connectivity index (χ1v) is 6.57. The first kappa shape index (κ1) is 6.90. The van der Waals surface area contributed by atoms with Crippen LogP contribution in [0.15, 0.2) is 24.2 Å². The van der Waals surface area contributed by atoms with Crippen molar-refractivity contribution in [2.24, 2.45) is 5.72 Å². The highest BCUT2D eigenvalue weighted by atomic mass is 16.5. The number of carbonyl (C=O) groups is 2. The van der Waals surface area contributed by atoms with Crippen molar-refractivity contribution in [3.05, 3.63) is 29.7 Å². The van der Waals surface area contributed by atoms with Gasteiger partial charge in [-0.05, 0) is 43.9 Å². The summed E-state index contributed by atoms with van der Waals surface area (Å²) in [5.41, 5.74) is -1.03. The normalized spacial score (nSPS) is 20.0. The lowest BCUT2D eigenvalue weighted by atomic mass is 10.2. The van der Waals surface area contributed by atoms with E-state index in [-0.39, 0.29) is 25.1 Å². The van der Waals surface area contributed by atoms with Crippen LogP contribution in [-0.4, -0.2) is 31.0 Å². The number of guanidine groups is 1.